The van der Waals surface area contributed by atoms with E-state index in [1.165, 1.54) is 4.68 Å². The molecule has 0 bridgehead atoms. The van der Waals surface area contributed by atoms with Crippen molar-refractivity contribution in [2.24, 2.45) is 5.73 Å². The Morgan fingerprint density at radius 1 is 1.79 bits per heavy atom. The molecule has 2 rings (SSSR count). The molecule has 2 N–H and O–H groups in total. The standard InChI is InChI=1S/C8H12N4O2/c1-2-14-6-5-12(11-10-6)8(3-4-8)7(9)13/h5H,2-4H2,1H3,(H2,9,13). The lowest BCUT2D eigenvalue weighted by Gasteiger charge is -2.08. The lowest BCUT2D eigenvalue weighted by atomic mass is 10.3. The van der Waals surface area contributed by atoms with Gasteiger partial charge >= 0.3 is 0 Å². The second kappa shape index (κ2) is 2.97. The number of carbonyl (C=O) groups excluding carboxylic acids is 1. The van der Waals surface area contributed by atoms with E-state index in [9.17, 15) is 4.79 Å². The fraction of sp³-hybridized carbons (Fsp3) is 0.625. The quantitative estimate of drug-likeness (QED) is 0.713. The first-order chi connectivity index (χ1) is 6.69. The van der Waals surface area contributed by atoms with E-state index < -0.39 is 5.54 Å². The highest BCUT2D eigenvalue weighted by Gasteiger charge is 2.51. The number of hydrogen-bond donors (Lipinski definition) is 1. The summed E-state index contributed by atoms with van der Waals surface area (Å²) < 4.78 is 6.64. The number of aromatic nitrogens is 3. The Kier molecular flexibility index (Phi) is 1.90. The molecule has 1 amide bonds. The van der Waals surface area contributed by atoms with Crippen molar-refractivity contribution in [1.29, 1.82) is 0 Å². The van der Waals surface area contributed by atoms with E-state index in [0.717, 1.165) is 12.8 Å². The maximum Gasteiger partial charge on any atom is 0.253 e. The van der Waals surface area contributed by atoms with Crippen LogP contribution in [0.2, 0.25) is 0 Å². The Morgan fingerprint density at radius 2 is 2.50 bits per heavy atom. The summed E-state index contributed by atoms with van der Waals surface area (Å²) in [5.74, 6) is 0.0745. The zero-order valence-electron chi connectivity index (χ0n) is 7.93. The van der Waals surface area contributed by atoms with E-state index in [2.05, 4.69) is 10.3 Å². The summed E-state index contributed by atoms with van der Waals surface area (Å²) in [5.41, 5.74) is 4.64. The van der Waals surface area contributed by atoms with Crippen LogP contribution in [-0.4, -0.2) is 27.5 Å². The van der Waals surface area contributed by atoms with Crippen molar-refractivity contribution in [1.82, 2.24) is 15.0 Å². The van der Waals surface area contributed by atoms with E-state index >= 15 is 0 Å². The third kappa shape index (κ3) is 1.23. The minimum absolute atomic E-state index is 0.356. The minimum atomic E-state index is -0.637. The number of carbonyl (C=O) groups is 1. The van der Waals surface area contributed by atoms with E-state index in [-0.39, 0.29) is 5.91 Å². The molecular weight excluding hydrogens is 184 g/mol. The Morgan fingerprint density at radius 3 is 3.00 bits per heavy atom. The number of hydrogen-bond acceptors (Lipinski definition) is 4. The predicted octanol–water partition coefficient (Wildman–Crippen LogP) is -0.349. The van der Waals surface area contributed by atoms with Crippen LogP contribution in [0.1, 0.15) is 19.8 Å². The van der Waals surface area contributed by atoms with Crippen molar-refractivity contribution in [2.75, 3.05) is 6.61 Å². The summed E-state index contributed by atoms with van der Waals surface area (Å²) in [6.07, 6.45) is 3.08. The van der Waals surface area contributed by atoms with Gasteiger partial charge in [0.2, 0.25) is 5.91 Å². The first-order valence-corrected chi connectivity index (χ1v) is 4.54. The fourth-order valence-electron chi connectivity index (χ4n) is 1.38. The molecule has 0 spiro atoms. The summed E-state index contributed by atoms with van der Waals surface area (Å²) in [6, 6.07) is 0. The molecule has 6 nitrogen and oxygen atoms in total. The third-order valence-electron chi connectivity index (χ3n) is 2.39. The van der Waals surface area contributed by atoms with Gasteiger partial charge in [0.1, 0.15) is 5.54 Å². The van der Waals surface area contributed by atoms with Crippen molar-refractivity contribution in [2.45, 2.75) is 25.3 Å². The molecule has 1 aromatic rings. The van der Waals surface area contributed by atoms with Gasteiger partial charge in [-0.25, -0.2) is 4.68 Å². The Hall–Kier alpha value is -1.59. The smallest absolute Gasteiger partial charge is 0.253 e. The molecule has 0 aromatic carbocycles. The van der Waals surface area contributed by atoms with Gasteiger partial charge in [0.05, 0.1) is 12.8 Å². The molecule has 0 saturated heterocycles. The SMILES string of the molecule is CCOc1cn(C2(C(N)=O)CC2)nn1. The van der Waals surface area contributed by atoms with Gasteiger partial charge in [-0.15, -0.1) is 0 Å². The summed E-state index contributed by atoms with van der Waals surface area (Å²) >= 11 is 0. The van der Waals surface area contributed by atoms with Crippen LogP contribution in [-0.2, 0) is 10.3 Å². The van der Waals surface area contributed by atoms with Gasteiger partial charge in [-0.05, 0) is 19.8 Å². The van der Waals surface area contributed by atoms with Crippen molar-refractivity contribution in [3.8, 4) is 5.88 Å². The summed E-state index contributed by atoms with van der Waals surface area (Å²) in [5, 5.41) is 7.61. The van der Waals surface area contributed by atoms with Crippen LogP contribution in [0.4, 0.5) is 0 Å². The summed E-state index contributed by atoms with van der Waals surface area (Å²) in [7, 11) is 0. The highest BCUT2D eigenvalue weighted by Crippen LogP contribution is 2.42. The molecule has 1 fully saturated rings. The number of ether oxygens (including phenoxy) is 1. The Bertz CT molecular complexity index is 356. The minimum Gasteiger partial charge on any atom is -0.476 e. The van der Waals surface area contributed by atoms with Crippen LogP contribution in [0.15, 0.2) is 6.20 Å². The molecule has 6 heteroatoms. The first kappa shape index (κ1) is 8.98. The number of rotatable bonds is 4. The highest BCUT2D eigenvalue weighted by molar-refractivity contribution is 5.85. The lowest BCUT2D eigenvalue weighted by Crippen LogP contribution is -2.34. The van der Waals surface area contributed by atoms with Crippen LogP contribution in [0.3, 0.4) is 0 Å². The molecule has 14 heavy (non-hydrogen) atoms. The van der Waals surface area contributed by atoms with E-state index in [0.29, 0.717) is 12.5 Å². The summed E-state index contributed by atoms with van der Waals surface area (Å²) in [4.78, 5) is 11.1. The molecule has 1 aliphatic carbocycles. The fourth-order valence-corrected chi connectivity index (χ4v) is 1.38. The van der Waals surface area contributed by atoms with E-state index in [1.54, 1.807) is 6.20 Å². The normalized spacial score (nSPS) is 17.8. The van der Waals surface area contributed by atoms with E-state index in [1.807, 2.05) is 6.92 Å². The maximum atomic E-state index is 11.1. The molecule has 0 radical (unpaired) electrons. The van der Waals surface area contributed by atoms with Crippen molar-refractivity contribution in [3.05, 3.63) is 6.20 Å². The van der Waals surface area contributed by atoms with Gasteiger partial charge in [-0.2, -0.15) is 0 Å². The van der Waals surface area contributed by atoms with E-state index in [4.69, 9.17) is 10.5 Å². The van der Waals surface area contributed by atoms with Gasteiger partial charge < -0.3 is 10.5 Å². The van der Waals surface area contributed by atoms with Crippen molar-refractivity contribution < 1.29 is 9.53 Å². The van der Waals surface area contributed by atoms with Gasteiger partial charge in [-0.1, -0.05) is 10.3 Å². The second-order valence-electron chi connectivity index (χ2n) is 3.33. The van der Waals surface area contributed by atoms with Gasteiger partial charge in [-0.3, -0.25) is 4.79 Å². The average molecular weight is 196 g/mol. The van der Waals surface area contributed by atoms with Gasteiger partial charge in [0.15, 0.2) is 0 Å². The number of amides is 1. The highest BCUT2D eigenvalue weighted by atomic mass is 16.5. The van der Waals surface area contributed by atoms with Gasteiger partial charge in [0, 0.05) is 0 Å². The van der Waals surface area contributed by atoms with Crippen LogP contribution >= 0.6 is 0 Å². The number of nitrogens with two attached hydrogens (primary N) is 1. The van der Waals surface area contributed by atoms with Crippen LogP contribution in [0, 0.1) is 0 Å². The van der Waals surface area contributed by atoms with Crippen LogP contribution in [0.5, 0.6) is 5.88 Å². The first-order valence-electron chi connectivity index (χ1n) is 4.54. The van der Waals surface area contributed by atoms with Gasteiger partial charge in [0.25, 0.3) is 5.88 Å². The molecule has 1 heterocycles. The predicted molar refractivity (Wildman–Crippen MR) is 47.6 cm³/mol. The summed E-state index contributed by atoms with van der Waals surface area (Å²) in [6.45, 7) is 2.39. The topological polar surface area (TPSA) is 83.0 Å². The molecule has 1 aromatic heterocycles. The monoisotopic (exact) mass is 196 g/mol. The second-order valence-corrected chi connectivity index (χ2v) is 3.33. The molecule has 76 valence electrons. The molecular formula is C8H12N4O2. The van der Waals surface area contributed by atoms with Crippen molar-refractivity contribution in [3.63, 3.8) is 0 Å². The zero-order chi connectivity index (χ0) is 10.2. The number of nitrogens with zero attached hydrogens (tertiary/aromatic N) is 3. The maximum absolute atomic E-state index is 11.1. The number of primary amides is 1. The van der Waals surface area contributed by atoms with Crippen LogP contribution < -0.4 is 10.5 Å². The van der Waals surface area contributed by atoms with Crippen LogP contribution in [0.25, 0.3) is 0 Å². The zero-order valence-corrected chi connectivity index (χ0v) is 7.93. The lowest BCUT2D eigenvalue weighted by molar-refractivity contribution is -0.122. The molecule has 0 atom stereocenters. The molecule has 1 saturated carbocycles. The molecule has 0 aliphatic heterocycles. The average Bonchev–Trinajstić information content (AvgIpc) is 2.84. The molecule has 1 aliphatic rings. The Balaban J connectivity index is 2.21. The van der Waals surface area contributed by atoms with Crippen molar-refractivity contribution >= 4 is 5.91 Å². The largest absolute Gasteiger partial charge is 0.476 e. The third-order valence-corrected chi connectivity index (χ3v) is 2.39. The Labute approximate surface area is 81.0 Å². The molecule has 0 unspecified atom stereocenters.